The third-order valence-electron chi connectivity index (χ3n) is 3.00. The first kappa shape index (κ1) is 16.3. The molecule has 8 nitrogen and oxygen atoms in total. The number of azo groups is 1. The lowest BCUT2D eigenvalue weighted by Crippen LogP contribution is -2.27. The van der Waals surface area contributed by atoms with Gasteiger partial charge in [-0.05, 0) is 6.07 Å². The van der Waals surface area contributed by atoms with Gasteiger partial charge in [0.1, 0.15) is 0 Å². The minimum Gasteiger partial charge on any atom is -0.616 e. The van der Waals surface area contributed by atoms with Crippen molar-refractivity contribution in [2.75, 3.05) is 28.4 Å². The molecule has 0 saturated carbocycles. The zero-order valence-corrected chi connectivity index (χ0v) is 13.3. The Balaban J connectivity index is 2.34. The topological polar surface area (TPSA) is 88.6 Å². The second-order valence-corrected chi connectivity index (χ2v) is 4.34. The maximum Gasteiger partial charge on any atom is 0.379 e. The van der Waals surface area contributed by atoms with E-state index in [4.69, 9.17) is 18.9 Å². The number of pyridine rings is 1. The van der Waals surface area contributed by atoms with Gasteiger partial charge in [-0.3, -0.25) is 0 Å². The third-order valence-corrected chi connectivity index (χ3v) is 3.00. The van der Waals surface area contributed by atoms with Crippen LogP contribution in [-0.4, -0.2) is 28.4 Å². The summed E-state index contributed by atoms with van der Waals surface area (Å²) in [6.07, 6.45) is 1.26. The average molecular weight is 319 g/mol. The number of hydrogen-bond donors (Lipinski definition) is 0. The van der Waals surface area contributed by atoms with Gasteiger partial charge in [0.2, 0.25) is 11.9 Å². The fourth-order valence-corrected chi connectivity index (χ4v) is 1.91. The Kier molecular flexibility index (Phi) is 5.19. The minimum absolute atomic E-state index is 0.178. The highest BCUT2D eigenvalue weighted by Crippen LogP contribution is 2.41. The van der Waals surface area contributed by atoms with Crippen molar-refractivity contribution in [3.05, 3.63) is 35.7 Å². The van der Waals surface area contributed by atoms with Gasteiger partial charge in [-0.1, -0.05) is 0 Å². The van der Waals surface area contributed by atoms with E-state index in [9.17, 15) is 5.21 Å². The van der Waals surface area contributed by atoms with Crippen LogP contribution < -0.4 is 23.7 Å². The molecule has 23 heavy (non-hydrogen) atoms. The Morgan fingerprint density at radius 2 is 1.43 bits per heavy atom. The van der Waals surface area contributed by atoms with Gasteiger partial charge in [0.05, 0.1) is 40.2 Å². The van der Waals surface area contributed by atoms with E-state index >= 15 is 0 Å². The van der Waals surface area contributed by atoms with Crippen molar-refractivity contribution < 1.29 is 23.7 Å². The molecule has 0 spiro atoms. The minimum atomic E-state index is 0.178. The predicted octanol–water partition coefficient (Wildman–Crippen LogP) is 2.77. The number of benzene rings is 1. The molecule has 0 aliphatic carbocycles. The van der Waals surface area contributed by atoms with Crippen molar-refractivity contribution in [3.8, 4) is 23.1 Å². The highest BCUT2D eigenvalue weighted by molar-refractivity contribution is 5.60. The maximum atomic E-state index is 11.6. The molecule has 122 valence electrons. The monoisotopic (exact) mass is 319 g/mol. The number of aromatic nitrogens is 1. The molecular weight excluding hydrogens is 302 g/mol. The number of methoxy groups -OCH3 is 4. The van der Waals surface area contributed by atoms with E-state index in [1.807, 2.05) is 0 Å². The molecule has 1 aromatic heterocycles. The van der Waals surface area contributed by atoms with Crippen molar-refractivity contribution in [3.63, 3.8) is 0 Å². The van der Waals surface area contributed by atoms with E-state index < -0.39 is 0 Å². The maximum absolute atomic E-state index is 11.6. The second-order valence-electron chi connectivity index (χ2n) is 4.34. The largest absolute Gasteiger partial charge is 0.616 e. The highest BCUT2D eigenvalue weighted by Gasteiger charge is 2.13. The standard InChI is InChI=1S/C15H17N3O5/c1-20-12-7-11(8-13(21-2)15(12)23-4)17-16-10-5-6-14(22-3)18(19)9-10/h5-9H,1-4H3/b17-16+. The van der Waals surface area contributed by atoms with Crippen LogP contribution in [0, 0.1) is 5.21 Å². The zero-order chi connectivity index (χ0) is 16.8. The van der Waals surface area contributed by atoms with Crippen LogP contribution >= 0.6 is 0 Å². The van der Waals surface area contributed by atoms with Crippen LogP contribution in [0.1, 0.15) is 0 Å². The first-order chi connectivity index (χ1) is 11.1. The summed E-state index contributed by atoms with van der Waals surface area (Å²) in [5.41, 5.74) is 0.877. The summed E-state index contributed by atoms with van der Waals surface area (Å²) in [5.74, 6) is 1.58. The molecule has 1 aromatic carbocycles. The summed E-state index contributed by atoms with van der Waals surface area (Å²) in [6.45, 7) is 0. The molecular formula is C15H17N3O5. The van der Waals surface area contributed by atoms with Crippen LogP contribution in [0.15, 0.2) is 40.7 Å². The van der Waals surface area contributed by atoms with Crippen LogP contribution in [0.5, 0.6) is 23.1 Å². The van der Waals surface area contributed by atoms with Crippen molar-refractivity contribution >= 4 is 11.4 Å². The SMILES string of the molecule is COc1cc(/N=N/c2ccc(OC)[n+]([O-])c2)cc(OC)c1OC. The number of hydrogen-bond acceptors (Lipinski definition) is 7. The lowest BCUT2D eigenvalue weighted by molar-refractivity contribution is -0.611. The summed E-state index contributed by atoms with van der Waals surface area (Å²) in [6, 6.07) is 6.44. The van der Waals surface area contributed by atoms with Crippen LogP contribution in [0.3, 0.4) is 0 Å². The van der Waals surface area contributed by atoms with Gasteiger partial charge >= 0.3 is 5.88 Å². The average Bonchev–Trinajstić information content (AvgIpc) is 2.58. The third kappa shape index (κ3) is 3.60. The van der Waals surface area contributed by atoms with Crippen molar-refractivity contribution in [2.45, 2.75) is 0 Å². The van der Waals surface area contributed by atoms with E-state index in [-0.39, 0.29) is 5.88 Å². The van der Waals surface area contributed by atoms with Gasteiger partial charge in [-0.2, -0.15) is 5.11 Å². The van der Waals surface area contributed by atoms with E-state index in [2.05, 4.69) is 10.2 Å². The molecule has 0 bridgehead atoms. The van der Waals surface area contributed by atoms with E-state index in [1.54, 1.807) is 18.2 Å². The molecule has 0 unspecified atom stereocenters. The Morgan fingerprint density at radius 3 is 1.91 bits per heavy atom. The fourth-order valence-electron chi connectivity index (χ4n) is 1.91. The molecule has 0 atom stereocenters. The van der Waals surface area contributed by atoms with Gasteiger partial charge in [0.25, 0.3) is 0 Å². The molecule has 2 aromatic rings. The van der Waals surface area contributed by atoms with Crippen LogP contribution in [0.4, 0.5) is 11.4 Å². The lowest BCUT2D eigenvalue weighted by atomic mass is 10.2. The van der Waals surface area contributed by atoms with Gasteiger partial charge < -0.3 is 24.2 Å². The van der Waals surface area contributed by atoms with Crippen molar-refractivity contribution in [1.82, 2.24) is 0 Å². The summed E-state index contributed by atoms with van der Waals surface area (Å²) in [4.78, 5) is 0. The number of ether oxygens (including phenoxy) is 4. The van der Waals surface area contributed by atoms with Crippen LogP contribution in [0.2, 0.25) is 0 Å². The second kappa shape index (κ2) is 7.30. The lowest BCUT2D eigenvalue weighted by Gasteiger charge is -2.12. The van der Waals surface area contributed by atoms with Crippen molar-refractivity contribution in [1.29, 1.82) is 0 Å². The van der Waals surface area contributed by atoms with Gasteiger partial charge in [0, 0.05) is 12.1 Å². The summed E-state index contributed by atoms with van der Waals surface area (Å²) in [5, 5.41) is 19.7. The smallest absolute Gasteiger partial charge is 0.379 e. The molecule has 0 aliphatic rings. The quantitative estimate of drug-likeness (QED) is 0.464. The van der Waals surface area contributed by atoms with E-state index in [0.29, 0.717) is 33.4 Å². The van der Waals surface area contributed by atoms with Gasteiger partial charge in [-0.15, -0.1) is 9.84 Å². The fraction of sp³-hybridized carbons (Fsp3) is 0.267. The Labute approximate surface area is 133 Å². The Bertz CT molecular complexity index is 693. The molecule has 0 N–H and O–H groups in total. The summed E-state index contributed by atoms with van der Waals surface area (Å²) >= 11 is 0. The highest BCUT2D eigenvalue weighted by atomic mass is 16.5. The molecule has 1 heterocycles. The zero-order valence-electron chi connectivity index (χ0n) is 13.3. The predicted molar refractivity (Wildman–Crippen MR) is 82.2 cm³/mol. The molecule has 2 rings (SSSR count). The number of nitrogens with zero attached hydrogens (tertiary/aromatic N) is 3. The van der Waals surface area contributed by atoms with E-state index in [0.717, 1.165) is 0 Å². The van der Waals surface area contributed by atoms with Crippen LogP contribution in [-0.2, 0) is 0 Å². The Hall–Kier alpha value is -3.03. The Morgan fingerprint density at radius 1 is 0.826 bits per heavy atom. The molecule has 0 amide bonds. The summed E-state index contributed by atoms with van der Waals surface area (Å²) in [7, 11) is 5.97. The first-order valence-electron chi connectivity index (χ1n) is 6.62. The molecule has 0 saturated heterocycles. The normalized spacial score (nSPS) is 10.6. The molecule has 8 heteroatoms. The summed E-state index contributed by atoms with van der Waals surface area (Å²) < 4.78 is 21.2. The van der Waals surface area contributed by atoms with Gasteiger partial charge in [-0.25, -0.2) is 0 Å². The number of rotatable bonds is 6. The van der Waals surface area contributed by atoms with Crippen molar-refractivity contribution in [2.24, 2.45) is 10.2 Å². The van der Waals surface area contributed by atoms with E-state index in [1.165, 1.54) is 40.7 Å². The molecule has 0 radical (unpaired) electrons. The van der Waals surface area contributed by atoms with Crippen LogP contribution in [0.25, 0.3) is 0 Å². The molecule has 0 aliphatic heterocycles. The first-order valence-corrected chi connectivity index (χ1v) is 6.62. The van der Waals surface area contributed by atoms with Gasteiger partial charge in [0.15, 0.2) is 17.2 Å². The molecule has 0 fully saturated rings.